The fourth-order valence-corrected chi connectivity index (χ4v) is 2.42. The second-order valence-corrected chi connectivity index (χ2v) is 5.02. The average Bonchev–Trinajstić information content (AvgIpc) is 2.52. The highest BCUT2D eigenvalue weighted by Gasteiger charge is 2.23. The van der Waals surface area contributed by atoms with E-state index in [9.17, 15) is 9.59 Å². The molecule has 0 saturated carbocycles. The molecule has 1 fully saturated rings. The fraction of sp³-hybridized carbons (Fsp3) is 0.375. The Kier molecular flexibility index (Phi) is 5.11. The molecular weight excluding hydrogens is 270 g/mol. The van der Waals surface area contributed by atoms with Crippen LogP contribution in [0, 0.1) is 0 Å². The highest BCUT2D eigenvalue weighted by Crippen LogP contribution is 2.16. The number of benzene rings is 1. The van der Waals surface area contributed by atoms with Crippen molar-refractivity contribution in [2.45, 2.75) is 18.9 Å². The quantitative estimate of drug-likeness (QED) is 0.861. The van der Waals surface area contributed by atoms with E-state index in [4.69, 9.17) is 9.84 Å². The molecule has 112 valence electrons. The zero-order valence-electron chi connectivity index (χ0n) is 12.0. The molecule has 21 heavy (non-hydrogen) atoms. The molecule has 2 rings (SSSR count). The first-order chi connectivity index (χ1) is 10.1. The van der Waals surface area contributed by atoms with Gasteiger partial charge in [-0.25, -0.2) is 4.79 Å². The van der Waals surface area contributed by atoms with Gasteiger partial charge in [0.25, 0.3) is 5.91 Å². The predicted octanol–water partition coefficient (Wildman–Crippen LogP) is 2.04. The Morgan fingerprint density at radius 2 is 2.05 bits per heavy atom. The summed E-state index contributed by atoms with van der Waals surface area (Å²) in [5, 5.41) is 8.63. The molecular formula is C16H19NO4. The van der Waals surface area contributed by atoms with Gasteiger partial charge >= 0.3 is 5.97 Å². The third kappa shape index (κ3) is 4.16. The van der Waals surface area contributed by atoms with Crippen LogP contribution in [0.3, 0.4) is 0 Å². The first-order valence-corrected chi connectivity index (χ1v) is 6.93. The summed E-state index contributed by atoms with van der Waals surface area (Å²) in [7, 11) is 1.69. The SMILES string of the molecule is COC1CCN(C(=O)c2cccc(C=CC(=O)O)c2)CC1. The van der Waals surface area contributed by atoms with Crippen molar-refractivity contribution in [3.63, 3.8) is 0 Å². The number of nitrogens with zero attached hydrogens (tertiary/aromatic N) is 1. The molecule has 0 atom stereocenters. The number of carbonyl (C=O) groups excluding carboxylic acids is 1. The summed E-state index contributed by atoms with van der Waals surface area (Å²) in [5.74, 6) is -1.02. The summed E-state index contributed by atoms with van der Waals surface area (Å²) in [4.78, 5) is 24.8. The molecule has 1 aliphatic heterocycles. The molecule has 0 bridgehead atoms. The molecule has 1 aliphatic rings. The molecule has 5 nitrogen and oxygen atoms in total. The van der Waals surface area contributed by atoms with E-state index in [-0.39, 0.29) is 12.0 Å². The van der Waals surface area contributed by atoms with Crippen molar-refractivity contribution in [3.8, 4) is 0 Å². The minimum atomic E-state index is -1.01. The van der Waals surface area contributed by atoms with E-state index < -0.39 is 5.97 Å². The van der Waals surface area contributed by atoms with Crippen molar-refractivity contribution in [2.24, 2.45) is 0 Å². The smallest absolute Gasteiger partial charge is 0.328 e. The van der Waals surface area contributed by atoms with E-state index in [1.165, 1.54) is 6.08 Å². The molecule has 1 amide bonds. The van der Waals surface area contributed by atoms with Gasteiger partial charge < -0.3 is 14.7 Å². The zero-order valence-corrected chi connectivity index (χ0v) is 12.0. The number of hydrogen-bond acceptors (Lipinski definition) is 3. The standard InChI is InChI=1S/C16H19NO4/c1-21-14-7-9-17(10-8-14)16(20)13-4-2-3-12(11-13)5-6-15(18)19/h2-6,11,14H,7-10H2,1H3,(H,18,19). The second-order valence-electron chi connectivity index (χ2n) is 5.02. The summed E-state index contributed by atoms with van der Waals surface area (Å²) in [6.45, 7) is 1.37. The molecule has 1 aromatic rings. The maximum atomic E-state index is 12.4. The molecule has 0 unspecified atom stereocenters. The topological polar surface area (TPSA) is 66.8 Å². The van der Waals surface area contributed by atoms with Gasteiger partial charge in [-0.3, -0.25) is 4.79 Å². The van der Waals surface area contributed by atoms with Crippen molar-refractivity contribution in [2.75, 3.05) is 20.2 Å². The number of ether oxygens (including phenoxy) is 1. The Morgan fingerprint density at radius 3 is 2.67 bits per heavy atom. The Bertz CT molecular complexity index is 545. The van der Waals surface area contributed by atoms with Crippen LogP contribution in [0.15, 0.2) is 30.3 Å². The van der Waals surface area contributed by atoms with Crippen molar-refractivity contribution < 1.29 is 19.4 Å². The molecule has 1 N–H and O–H groups in total. The summed E-state index contributed by atoms with van der Waals surface area (Å²) in [6, 6.07) is 7.00. The molecule has 0 aliphatic carbocycles. The monoisotopic (exact) mass is 289 g/mol. The Labute approximate surface area is 123 Å². The number of piperidine rings is 1. The van der Waals surface area contributed by atoms with Crippen molar-refractivity contribution in [3.05, 3.63) is 41.5 Å². The number of rotatable bonds is 4. The number of carboxylic acid groups (broad SMARTS) is 1. The van der Waals surface area contributed by atoms with Crippen LogP contribution >= 0.6 is 0 Å². The molecule has 1 heterocycles. The van der Waals surface area contributed by atoms with Gasteiger partial charge in [0.1, 0.15) is 0 Å². The maximum absolute atomic E-state index is 12.4. The highest BCUT2D eigenvalue weighted by molar-refractivity contribution is 5.95. The van der Waals surface area contributed by atoms with Gasteiger partial charge in [0.15, 0.2) is 0 Å². The lowest BCUT2D eigenvalue weighted by Crippen LogP contribution is -2.40. The third-order valence-corrected chi connectivity index (χ3v) is 3.61. The number of carboxylic acids is 1. The molecule has 1 aromatic carbocycles. The second kappa shape index (κ2) is 7.04. The van der Waals surface area contributed by atoms with Gasteiger partial charge in [-0.1, -0.05) is 12.1 Å². The summed E-state index contributed by atoms with van der Waals surface area (Å²) >= 11 is 0. The predicted molar refractivity (Wildman–Crippen MR) is 79.0 cm³/mol. The summed E-state index contributed by atoms with van der Waals surface area (Å²) < 4.78 is 5.30. The molecule has 0 spiro atoms. The largest absolute Gasteiger partial charge is 0.478 e. The van der Waals surface area contributed by atoms with Crippen molar-refractivity contribution >= 4 is 18.0 Å². The van der Waals surface area contributed by atoms with Gasteiger partial charge in [0.2, 0.25) is 0 Å². The molecule has 0 aromatic heterocycles. The van der Waals surface area contributed by atoms with Gasteiger partial charge in [0, 0.05) is 31.8 Å². The Hall–Kier alpha value is -2.14. The van der Waals surface area contributed by atoms with E-state index in [1.54, 1.807) is 31.4 Å². The van der Waals surface area contributed by atoms with Crippen molar-refractivity contribution in [1.29, 1.82) is 0 Å². The molecule has 0 radical (unpaired) electrons. The first-order valence-electron chi connectivity index (χ1n) is 6.93. The van der Waals surface area contributed by atoms with Gasteiger partial charge in [0.05, 0.1) is 6.10 Å². The fourth-order valence-electron chi connectivity index (χ4n) is 2.42. The minimum absolute atomic E-state index is 0.0184. The average molecular weight is 289 g/mol. The zero-order chi connectivity index (χ0) is 15.2. The molecule has 1 saturated heterocycles. The van der Waals surface area contributed by atoms with Crippen LogP contribution in [0.5, 0.6) is 0 Å². The van der Waals surface area contributed by atoms with E-state index in [0.717, 1.165) is 18.9 Å². The normalized spacial score (nSPS) is 16.3. The number of likely N-dealkylation sites (tertiary alicyclic amines) is 1. The van der Waals surface area contributed by atoms with Crippen molar-refractivity contribution in [1.82, 2.24) is 4.90 Å². The van der Waals surface area contributed by atoms with E-state index in [0.29, 0.717) is 24.2 Å². The van der Waals surface area contributed by atoms with Gasteiger partial charge in [-0.15, -0.1) is 0 Å². The summed E-state index contributed by atoms with van der Waals surface area (Å²) in [6.07, 6.45) is 4.48. The Morgan fingerprint density at radius 1 is 1.33 bits per heavy atom. The number of methoxy groups -OCH3 is 1. The van der Waals surface area contributed by atoms with Crippen LogP contribution in [0.1, 0.15) is 28.8 Å². The van der Waals surface area contributed by atoms with E-state index in [2.05, 4.69) is 0 Å². The third-order valence-electron chi connectivity index (χ3n) is 3.61. The van der Waals surface area contributed by atoms with Gasteiger partial charge in [-0.05, 0) is 36.6 Å². The number of amides is 1. The minimum Gasteiger partial charge on any atom is -0.478 e. The molecule has 5 heteroatoms. The Balaban J connectivity index is 2.06. The van der Waals surface area contributed by atoms with E-state index in [1.807, 2.05) is 4.90 Å². The summed E-state index contributed by atoms with van der Waals surface area (Å²) in [5.41, 5.74) is 1.29. The first kappa shape index (κ1) is 15.3. The lowest BCUT2D eigenvalue weighted by molar-refractivity contribution is -0.131. The number of aliphatic carboxylic acids is 1. The lowest BCUT2D eigenvalue weighted by atomic mass is 10.0. The van der Waals surface area contributed by atoms with Crippen LogP contribution in [0.2, 0.25) is 0 Å². The number of hydrogen-bond donors (Lipinski definition) is 1. The van der Waals surface area contributed by atoms with Gasteiger partial charge in [-0.2, -0.15) is 0 Å². The number of carbonyl (C=O) groups is 2. The van der Waals surface area contributed by atoms with Crippen LogP contribution in [0.25, 0.3) is 6.08 Å². The van der Waals surface area contributed by atoms with Crippen LogP contribution in [-0.4, -0.2) is 48.2 Å². The highest BCUT2D eigenvalue weighted by atomic mass is 16.5. The van der Waals surface area contributed by atoms with Crippen LogP contribution in [-0.2, 0) is 9.53 Å². The lowest BCUT2D eigenvalue weighted by Gasteiger charge is -2.31. The van der Waals surface area contributed by atoms with Crippen LogP contribution in [0.4, 0.5) is 0 Å². The van der Waals surface area contributed by atoms with Crippen LogP contribution < -0.4 is 0 Å². The van der Waals surface area contributed by atoms with E-state index >= 15 is 0 Å². The maximum Gasteiger partial charge on any atom is 0.328 e.